The minimum Gasteiger partial charge on any atom is -0.395 e. The molecule has 2 rings (SSSR count). The van der Waals surface area contributed by atoms with Gasteiger partial charge in [-0.05, 0) is 17.4 Å². The number of hydrogen-bond donors (Lipinski definition) is 2. The summed E-state index contributed by atoms with van der Waals surface area (Å²) in [5.41, 5.74) is 1.33. The van der Waals surface area contributed by atoms with Gasteiger partial charge in [0.15, 0.2) is 0 Å². The van der Waals surface area contributed by atoms with E-state index in [1.54, 1.807) is 7.05 Å². The van der Waals surface area contributed by atoms with Gasteiger partial charge in [0, 0.05) is 39.3 Å². The second kappa shape index (κ2) is 8.31. The summed E-state index contributed by atoms with van der Waals surface area (Å²) in [7, 11) is 1.71. The number of nitrogens with one attached hydrogen (secondary N) is 1. The van der Waals surface area contributed by atoms with E-state index in [0.717, 1.165) is 19.6 Å². The van der Waals surface area contributed by atoms with Crippen molar-refractivity contribution >= 4 is 6.03 Å². The summed E-state index contributed by atoms with van der Waals surface area (Å²) in [6.07, 6.45) is 0. The average Bonchev–Trinajstić information content (AvgIpc) is 2.52. The summed E-state index contributed by atoms with van der Waals surface area (Å²) < 4.78 is 0. The molecule has 5 heteroatoms. The van der Waals surface area contributed by atoms with Gasteiger partial charge in [-0.1, -0.05) is 44.2 Å². The second-order valence-electron chi connectivity index (χ2n) is 6.75. The average molecular weight is 319 g/mol. The van der Waals surface area contributed by atoms with Gasteiger partial charge in [0.2, 0.25) is 0 Å². The largest absolute Gasteiger partial charge is 0.395 e. The molecular weight excluding hydrogens is 290 g/mol. The SMILES string of the molecule is CC1CN(Cc2ccccc2)CC(C)C1NC(=O)N(C)CCO. The van der Waals surface area contributed by atoms with Crippen LogP contribution in [-0.4, -0.2) is 60.3 Å². The van der Waals surface area contributed by atoms with Crippen molar-refractivity contribution in [3.8, 4) is 0 Å². The molecule has 1 aliphatic rings. The number of rotatable bonds is 5. The molecule has 1 heterocycles. The third-order valence-electron chi connectivity index (χ3n) is 4.64. The van der Waals surface area contributed by atoms with Crippen molar-refractivity contribution in [3.05, 3.63) is 35.9 Å². The molecule has 0 bridgehead atoms. The zero-order chi connectivity index (χ0) is 16.8. The Labute approximate surface area is 139 Å². The molecule has 1 aromatic rings. The van der Waals surface area contributed by atoms with Crippen LogP contribution in [0, 0.1) is 11.8 Å². The van der Waals surface area contributed by atoms with Gasteiger partial charge in [0.1, 0.15) is 0 Å². The van der Waals surface area contributed by atoms with Crippen molar-refractivity contribution in [3.63, 3.8) is 0 Å². The molecule has 1 saturated heterocycles. The number of nitrogens with zero attached hydrogens (tertiary/aromatic N) is 2. The quantitative estimate of drug-likeness (QED) is 0.870. The summed E-state index contributed by atoms with van der Waals surface area (Å²) in [6.45, 7) is 7.67. The first-order chi connectivity index (χ1) is 11.0. The fraction of sp³-hybridized carbons (Fsp3) is 0.611. The van der Waals surface area contributed by atoms with Crippen LogP contribution < -0.4 is 5.32 Å². The summed E-state index contributed by atoms with van der Waals surface area (Å²) in [5, 5.41) is 12.1. The summed E-state index contributed by atoms with van der Waals surface area (Å²) >= 11 is 0. The van der Waals surface area contributed by atoms with Crippen LogP contribution in [-0.2, 0) is 6.54 Å². The first kappa shape index (κ1) is 17.8. The molecule has 128 valence electrons. The molecule has 2 unspecified atom stereocenters. The van der Waals surface area contributed by atoms with E-state index in [0.29, 0.717) is 18.4 Å². The van der Waals surface area contributed by atoms with Crippen LogP contribution in [0.4, 0.5) is 4.79 Å². The van der Waals surface area contributed by atoms with Crippen LogP contribution >= 0.6 is 0 Å². The van der Waals surface area contributed by atoms with Crippen molar-refractivity contribution in [2.24, 2.45) is 11.8 Å². The lowest BCUT2D eigenvalue weighted by Gasteiger charge is -2.42. The maximum atomic E-state index is 12.2. The Morgan fingerprint density at radius 3 is 2.43 bits per heavy atom. The van der Waals surface area contributed by atoms with E-state index < -0.39 is 0 Å². The number of carbonyl (C=O) groups excluding carboxylic acids is 1. The van der Waals surface area contributed by atoms with Gasteiger partial charge in [-0.3, -0.25) is 4.90 Å². The Morgan fingerprint density at radius 2 is 1.87 bits per heavy atom. The van der Waals surface area contributed by atoms with Crippen molar-refractivity contribution in [2.45, 2.75) is 26.4 Å². The number of amides is 2. The lowest BCUT2D eigenvalue weighted by atomic mass is 9.85. The number of hydrogen-bond acceptors (Lipinski definition) is 3. The number of aliphatic hydroxyl groups is 1. The first-order valence-electron chi connectivity index (χ1n) is 8.40. The molecular formula is C18H29N3O2. The van der Waals surface area contributed by atoms with Crippen molar-refractivity contribution in [1.29, 1.82) is 0 Å². The van der Waals surface area contributed by atoms with Crippen LogP contribution in [0.15, 0.2) is 30.3 Å². The number of aliphatic hydroxyl groups excluding tert-OH is 1. The molecule has 0 saturated carbocycles. The van der Waals surface area contributed by atoms with Crippen LogP contribution in [0.5, 0.6) is 0 Å². The Balaban J connectivity index is 1.90. The standard InChI is InChI=1S/C18H29N3O2/c1-14-11-21(13-16-7-5-4-6-8-16)12-15(2)17(14)19-18(23)20(3)9-10-22/h4-8,14-15,17,22H,9-13H2,1-3H3,(H,19,23). The maximum Gasteiger partial charge on any atom is 0.317 e. The van der Waals surface area contributed by atoms with Gasteiger partial charge in [0.05, 0.1) is 6.61 Å². The summed E-state index contributed by atoms with van der Waals surface area (Å²) in [5.74, 6) is 0.794. The second-order valence-corrected chi connectivity index (χ2v) is 6.75. The zero-order valence-corrected chi connectivity index (χ0v) is 14.4. The Bertz CT molecular complexity index is 482. The smallest absolute Gasteiger partial charge is 0.317 e. The lowest BCUT2D eigenvalue weighted by Crippen LogP contribution is -2.56. The third-order valence-corrected chi connectivity index (χ3v) is 4.64. The molecule has 2 atom stereocenters. The molecule has 0 aromatic heterocycles. The molecule has 1 aliphatic heterocycles. The van der Waals surface area contributed by atoms with E-state index in [-0.39, 0.29) is 18.7 Å². The van der Waals surface area contributed by atoms with Crippen molar-refractivity contribution in [1.82, 2.24) is 15.1 Å². The number of benzene rings is 1. The van der Waals surface area contributed by atoms with Crippen LogP contribution in [0.25, 0.3) is 0 Å². The van der Waals surface area contributed by atoms with E-state index in [4.69, 9.17) is 5.11 Å². The number of likely N-dealkylation sites (N-methyl/N-ethyl adjacent to an activating group) is 1. The predicted molar refractivity (Wildman–Crippen MR) is 92.1 cm³/mol. The van der Waals surface area contributed by atoms with E-state index >= 15 is 0 Å². The van der Waals surface area contributed by atoms with Crippen molar-refractivity contribution < 1.29 is 9.90 Å². The maximum absolute atomic E-state index is 12.2. The molecule has 23 heavy (non-hydrogen) atoms. The molecule has 1 fully saturated rings. The topological polar surface area (TPSA) is 55.8 Å². The highest BCUT2D eigenvalue weighted by Gasteiger charge is 2.33. The Kier molecular flexibility index (Phi) is 6.42. The molecule has 1 aromatic carbocycles. The van der Waals surface area contributed by atoms with Crippen molar-refractivity contribution in [2.75, 3.05) is 33.3 Å². The third kappa shape index (κ3) is 4.94. The van der Waals surface area contributed by atoms with Gasteiger partial charge in [-0.15, -0.1) is 0 Å². The minimum absolute atomic E-state index is 0.00938. The molecule has 0 spiro atoms. The highest BCUT2D eigenvalue weighted by molar-refractivity contribution is 5.74. The first-order valence-corrected chi connectivity index (χ1v) is 8.40. The summed E-state index contributed by atoms with van der Waals surface area (Å²) in [4.78, 5) is 16.2. The van der Waals surface area contributed by atoms with Gasteiger partial charge < -0.3 is 15.3 Å². The van der Waals surface area contributed by atoms with Gasteiger partial charge >= 0.3 is 6.03 Å². The molecule has 2 N–H and O–H groups in total. The highest BCUT2D eigenvalue weighted by Crippen LogP contribution is 2.23. The lowest BCUT2D eigenvalue weighted by molar-refractivity contribution is 0.0936. The van der Waals surface area contributed by atoms with Gasteiger partial charge in [0.25, 0.3) is 0 Å². The Morgan fingerprint density at radius 1 is 1.26 bits per heavy atom. The van der Waals surface area contributed by atoms with Crippen LogP contribution in [0.3, 0.4) is 0 Å². The van der Waals surface area contributed by atoms with Crippen LogP contribution in [0.1, 0.15) is 19.4 Å². The predicted octanol–water partition coefficient (Wildman–Crippen LogP) is 1.78. The summed E-state index contributed by atoms with van der Waals surface area (Å²) in [6, 6.07) is 10.6. The normalized spacial score (nSPS) is 25.1. The minimum atomic E-state index is -0.0979. The van der Waals surface area contributed by atoms with E-state index in [1.807, 2.05) is 6.07 Å². The van der Waals surface area contributed by atoms with Gasteiger partial charge in [-0.25, -0.2) is 4.79 Å². The number of urea groups is 1. The van der Waals surface area contributed by atoms with E-state index in [2.05, 4.69) is 48.3 Å². The molecule has 0 radical (unpaired) electrons. The highest BCUT2D eigenvalue weighted by atomic mass is 16.3. The molecule has 0 aliphatic carbocycles. The van der Waals surface area contributed by atoms with E-state index in [9.17, 15) is 4.79 Å². The number of piperidine rings is 1. The Hall–Kier alpha value is -1.59. The molecule has 2 amide bonds. The monoisotopic (exact) mass is 319 g/mol. The van der Waals surface area contributed by atoms with Crippen LogP contribution in [0.2, 0.25) is 0 Å². The number of carbonyl (C=O) groups is 1. The number of likely N-dealkylation sites (tertiary alicyclic amines) is 1. The van der Waals surface area contributed by atoms with E-state index in [1.165, 1.54) is 10.5 Å². The fourth-order valence-corrected chi connectivity index (χ4v) is 3.44. The van der Waals surface area contributed by atoms with Gasteiger partial charge in [-0.2, -0.15) is 0 Å². The molecule has 5 nitrogen and oxygen atoms in total. The fourth-order valence-electron chi connectivity index (χ4n) is 3.44. The zero-order valence-electron chi connectivity index (χ0n) is 14.4.